The van der Waals surface area contributed by atoms with Crippen molar-refractivity contribution < 1.29 is 0 Å². The highest BCUT2D eigenvalue weighted by Crippen LogP contribution is 2.27. The number of rotatable bonds is 0. The maximum absolute atomic E-state index is 12.6. The fraction of sp³-hybridized carbons (Fsp3) is 0.0625. The number of benzene rings is 2. The predicted molar refractivity (Wildman–Crippen MR) is 76.8 cm³/mol. The summed E-state index contributed by atoms with van der Waals surface area (Å²) in [6, 6.07) is 14.5. The second-order valence-corrected chi connectivity index (χ2v) is 4.83. The maximum Gasteiger partial charge on any atom is 0.279 e. The van der Waals surface area contributed by atoms with Crippen molar-refractivity contribution in [3.05, 3.63) is 74.8 Å². The fourth-order valence-corrected chi connectivity index (χ4v) is 2.71. The van der Waals surface area contributed by atoms with E-state index in [2.05, 4.69) is 4.98 Å². The van der Waals surface area contributed by atoms with Crippen LogP contribution in [0.2, 0.25) is 0 Å². The number of hydrogen-bond acceptors (Lipinski definition) is 3. The Hall–Kier alpha value is -2.75. The van der Waals surface area contributed by atoms with E-state index in [1.807, 2.05) is 24.3 Å². The molecular formula is C16H10N2O2. The van der Waals surface area contributed by atoms with Gasteiger partial charge in [-0.3, -0.25) is 14.2 Å². The summed E-state index contributed by atoms with van der Waals surface area (Å²) in [7, 11) is 0. The molecular weight excluding hydrogens is 252 g/mol. The number of aromatic nitrogens is 2. The lowest BCUT2D eigenvalue weighted by Crippen LogP contribution is -2.16. The van der Waals surface area contributed by atoms with Gasteiger partial charge in [-0.15, -0.1) is 0 Å². The van der Waals surface area contributed by atoms with Crippen LogP contribution in [0.4, 0.5) is 0 Å². The van der Waals surface area contributed by atoms with Crippen LogP contribution in [0.3, 0.4) is 0 Å². The summed E-state index contributed by atoms with van der Waals surface area (Å²) in [4.78, 5) is 29.0. The molecule has 0 unspecified atom stereocenters. The Morgan fingerprint density at radius 1 is 0.900 bits per heavy atom. The molecule has 1 aliphatic heterocycles. The minimum atomic E-state index is -0.358. The van der Waals surface area contributed by atoms with E-state index in [0.29, 0.717) is 23.1 Å². The molecule has 2 aromatic carbocycles. The quantitative estimate of drug-likeness (QED) is 0.485. The molecule has 4 rings (SSSR count). The van der Waals surface area contributed by atoms with Crippen LogP contribution in [0.25, 0.3) is 22.2 Å². The first kappa shape index (κ1) is 11.1. The van der Waals surface area contributed by atoms with Crippen molar-refractivity contribution in [2.45, 2.75) is 6.54 Å². The van der Waals surface area contributed by atoms with Crippen molar-refractivity contribution in [1.29, 1.82) is 0 Å². The van der Waals surface area contributed by atoms with Crippen LogP contribution in [0.5, 0.6) is 0 Å². The fourth-order valence-electron chi connectivity index (χ4n) is 2.71. The van der Waals surface area contributed by atoms with Gasteiger partial charge in [-0.2, -0.15) is 4.98 Å². The summed E-state index contributed by atoms with van der Waals surface area (Å²) in [5.41, 5.74) is 1.36. The van der Waals surface area contributed by atoms with Crippen LogP contribution >= 0.6 is 0 Å². The highest BCUT2D eigenvalue weighted by molar-refractivity contribution is 5.81. The smallest absolute Gasteiger partial charge is 0.279 e. The summed E-state index contributed by atoms with van der Waals surface area (Å²) in [5.74, 6) is 0.465. The molecule has 0 atom stereocenters. The van der Waals surface area contributed by atoms with Crippen LogP contribution < -0.4 is 11.1 Å². The van der Waals surface area contributed by atoms with E-state index in [1.165, 1.54) is 0 Å². The van der Waals surface area contributed by atoms with Gasteiger partial charge in [0.2, 0.25) is 0 Å². The topological polar surface area (TPSA) is 52.0 Å². The molecule has 0 saturated carbocycles. The number of fused-ring (bicyclic) bond motifs is 4. The van der Waals surface area contributed by atoms with Crippen LogP contribution in [0.15, 0.2) is 58.1 Å². The van der Waals surface area contributed by atoms with Gasteiger partial charge in [-0.05, 0) is 17.7 Å². The van der Waals surface area contributed by atoms with E-state index in [1.54, 1.807) is 28.8 Å². The van der Waals surface area contributed by atoms with Crippen molar-refractivity contribution in [2.75, 3.05) is 0 Å². The summed E-state index contributed by atoms with van der Waals surface area (Å²) in [6.45, 7) is 0.468. The molecule has 96 valence electrons. The lowest BCUT2D eigenvalue weighted by atomic mass is 10.1. The lowest BCUT2D eigenvalue weighted by Gasteiger charge is -1.95. The highest BCUT2D eigenvalue weighted by Gasteiger charge is 2.21. The SMILES string of the molecule is O=c1nc2n(c(=O)c3ccccc13)Cc1ccccc1-2. The summed E-state index contributed by atoms with van der Waals surface area (Å²) in [6.07, 6.45) is 0. The van der Waals surface area contributed by atoms with Gasteiger partial charge in [-0.1, -0.05) is 36.4 Å². The average molecular weight is 262 g/mol. The third-order valence-electron chi connectivity index (χ3n) is 3.68. The van der Waals surface area contributed by atoms with Gasteiger partial charge < -0.3 is 0 Å². The van der Waals surface area contributed by atoms with Crippen molar-refractivity contribution in [3.8, 4) is 11.4 Å². The molecule has 4 nitrogen and oxygen atoms in total. The van der Waals surface area contributed by atoms with Crippen LogP contribution in [-0.4, -0.2) is 9.55 Å². The largest absolute Gasteiger partial charge is 0.288 e. The maximum atomic E-state index is 12.6. The standard InChI is InChI=1S/C16H10N2O2/c19-15-12-7-3-4-8-13(12)16(20)18-9-10-5-1-2-6-11(10)14(18)17-15/h1-8H,9H2. The van der Waals surface area contributed by atoms with Gasteiger partial charge in [0.1, 0.15) is 5.82 Å². The van der Waals surface area contributed by atoms with Gasteiger partial charge in [0, 0.05) is 5.56 Å². The minimum absolute atomic E-state index is 0.165. The number of nitrogens with zero attached hydrogens (tertiary/aromatic N) is 2. The van der Waals surface area contributed by atoms with Gasteiger partial charge >= 0.3 is 0 Å². The first-order valence-corrected chi connectivity index (χ1v) is 6.38. The molecule has 1 aliphatic rings. The number of hydrogen-bond donors (Lipinski definition) is 0. The Bertz CT molecular complexity index is 974. The predicted octanol–water partition coefficient (Wildman–Crippen LogP) is 1.79. The molecule has 3 aromatic rings. The molecule has 0 aliphatic carbocycles. The Morgan fingerprint density at radius 3 is 2.45 bits per heavy atom. The molecule has 2 heterocycles. The van der Waals surface area contributed by atoms with Gasteiger partial charge in [0.25, 0.3) is 11.1 Å². The molecule has 0 radical (unpaired) electrons. The molecule has 1 aromatic heterocycles. The molecule has 4 heteroatoms. The van der Waals surface area contributed by atoms with Crippen molar-refractivity contribution in [3.63, 3.8) is 0 Å². The first-order chi connectivity index (χ1) is 9.75. The molecule has 0 N–H and O–H groups in total. The molecule has 0 fully saturated rings. The first-order valence-electron chi connectivity index (χ1n) is 6.38. The second kappa shape index (κ2) is 3.87. The van der Waals surface area contributed by atoms with Crippen molar-refractivity contribution in [2.24, 2.45) is 0 Å². The van der Waals surface area contributed by atoms with E-state index in [-0.39, 0.29) is 11.1 Å². The van der Waals surface area contributed by atoms with Gasteiger partial charge in [-0.25, -0.2) is 0 Å². The summed E-state index contributed by atoms with van der Waals surface area (Å²) < 4.78 is 1.58. The Kier molecular flexibility index (Phi) is 2.15. The monoisotopic (exact) mass is 262 g/mol. The highest BCUT2D eigenvalue weighted by atomic mass is 16.1. The Morgan fingerprint density at radius 2 is 1.60 bits per heavy atom. The summed E-state index contributed by atoms with van der Waals surface area (Å²) in [5, 5.41) is 0.793. The zero-order chi connectivity index (χ0) is 13.7. The lowest BCUT2D eigenvalue weighted by molar-refractivity contribution is 0.801. The van der Waals surface area contributed by atoms with E-state index in [0.717, 1.165) is 11.1 Å². The van der Waals surface area contributed by atoms with Crippen LogP contribution in [0.1, 0.15) is 5.56 Å². The van der Waals surface area contributed by atoms with E-state index in [4.69, 9.17) is 0 Å². The molecule has 0 amide bonds. The Labute approximate surface area is 114 Å². The van der Waals surface area contributed by atoms with E-state index < -0.39 is 0 Å². The van der Waals surface area contributed by atoms with E-state index >= 15 is 0 Å². The van der Waals surface area contributed by atoms with Gasteiger partial charge in [0.05, 0.1) is 17.3 Å². The minimum Gasteiger partial charge on any atom is -0.288 e. The normalized spacial score (nSPS) is 12.2. The molecule has 0 spiro atoms. The third-order valence-corrected chi connectivity index (χ3v) is 3.68. The molecule has 20 heavy (non-hydrogen) atoms. The molecule has 0 bridgehead atoms. The molecule has 0 saturated heterocycles. The second-order valence-electron chi connectivity index (χ2n) is 4.83. The van der Waals surface area contributed by atoms with Crippen molar-refractivity contribution in [1.82, 2.24) is 9.55 Å². The zero-order valence-electron chi connectivity index (χ0n) is 10.5. The van der Waals surface area contributed by atoms with Crippen molar-refractivity contribution >= 4 is 10.8 Å². The average Bonchev–Trinajstić information content (AvgIpc) is 2.81. The van der Waals surface area contributed by atoms with Crippen LogP contribution in [0, 0.1) is 0 Å². The van der Waals surface area contributed by atoms with E-state index in [9.17, 15) is 9.59 Å². The third kappa shape index (κ3) is 1.39. The van der Waals surface area contributed by atoms with Gasteiger partial charge in [0.15, 0.2) is 0 Å². The van der Waals surface area contributed by atoms with Crippen LogP contribution in [-0.2, 0) is 6.54 Å². The summed E-state index contributed by atoms with van der Waals surface area (Å²) >= 11 is 0. The zero-order valence-corrected chi connectivity index (χ0v) is 10.5. The Balaban J connectivity index is 2.25.